The minimum atomic E-state index is -0.440. The van der Waals surface area contributed by atoms with Crippen molar-refractivity contribution in [1.82, 2.24) is 4.90 Å². The maximum Gasteiger partial charge on any atom is 0.338 e. The Bertz CT molecular complexity index is 1180. The molecule has 0 saturated heterocycles. The molecular formula is C24H22BrFN2O4S. The van der Waals surface area contributed by atoms with Crippen molar-refractivity contribution in [1.29, 1.82) is 0 Å². The number of aliphatic imine (C=N–C) groups is 1. The molecular weight excluding hydrogens is 511 g/mol. The van der Waals surface area contributed by atoms with E-state index >= 15 is 0 Å². The lowest BCUT2D eigenvalue weighted by molar-refractivity contribution is -0.139. The van der Waals surface area contributed by atoms with Crippen LogP contribution in [0.15, 0.2) is 68.7 Å². The van der Waals surface area contributed by atoms with Gasteiger partial charge in [-0.05, 0) is 70.6 Å². The molecule has 4 rings (SSSR count). The number of carbonyl (C=O) groups excluding carboxylic acids is 1. The number of thioether (sulfide) groups is 1. The van der Waals surface area contributed by atoms with Gasteiger partial charge in [0.05, 0.1) is 35.5 Å². The van der Waals surface area contributed by atoms with Crippen LogP contribution in [0, 0.1) is 5.82 Å². The molecule has 0 spiro atoms. The third-order valence-corrected chi connectivity index (χ3v) is 6.52. The predicted molar refractivity (Wildman–Crippen MR) is 130 cm³/mol. The molecule has 1 atom stereocenters. The van der Waals surface area contributed by atoms with Crippen LogP contribution in [0.2, 0.25) is 0 Å². The maximum absolute atomic E-state index is 13.5. The van der Waals surface area contributed by atoms with Crippen LogP contribution in [0.4, 0.5) is 4.39 Å². The van der Waals surface area contributed by atoms with Gasteiger partial charge in [0.1, 0.15) is 12.4 Å². The summed E-state index contributed by atoms with van der Waals surface area (Å²) in [6.45, 7) is 4.02. The van der Waals surface area contributed by atoms with Crippen molar-refractivity contribution in [2.45, 2.75) is 26.5 Å². The normalized spacial score (nSPS) is 17.1. The van der Waals surface area contributed by atoms with Gasteiger partial charge in [-0.2, -0.15) is 0 Å². The van der Waals surface area contributed by atoms with Gasteiger partial charge in [0.15, 0.2) is 16.7 Å². The Morgan fingerprint density at radius 3 is 2.85 bits per heavy atom. The van der Waals surface area contributed by atoms with Gasteiger partial charge in [-0.1, -0.05) is 23.9 Å². The molecule has 172 valence electrons. The van der Waals surface area contributed by atoms with Gasteiger partial charge < -0.3 is 19.1 Å². The number of ether oxygens (including phenoxy) is 3. The van der Waals surface area contributed by atoms with E-state index in [4.69, 9.17) is 14.2 Å². The zero-order valence-corrected chi connectivity index (χ0v) is 20.7. The van der Waals surface area contributed by atoms with Crippen molar-refractivity contribution in [2.75, 3.05) is 13.7 Å². The summed E-state index contributed by atoms with van der Waals surface area (Å²) in [5, 5.41) is 2.71. The standard InChI is InChI=1S/C24H22BrFN2O4S/c1-4-31-23(29)20-14(2)27-24-28(8-9-33-24)21(20)16-11-18(25)22(19(12-16)30-3)32-13-15-6-5-7-17(26)10-15/h5-12,21H,4,13H2,1-3H3/t21-/m0/s1. The van der Waals surface area contributed by atoms with Crippen LogP contribution >= 0.6 is 27.7 Å². The smallest absolute Gasteiger partial charge is 0.338 e. The quantitative estimate of drug-likeness (QED) is 0.411. The van der Waals surface area contributed by atoms with E-state index in [9.17, 15) is 9.18 Å². The fourth-order valence-electron chi connectivity index (χ4n) is 3.72. The molecule has 0 amide bonds. The van der Waals surface area contributed by atoms with Crippen molar-refractivity contribution < 1.29 is 23.4 Å². The SMILES string of the molecule is CCOC(=O)C1=C(C)N=C2SC=CN2[C@H]1c1cc(Br)c(OCc2cccc(F)c2)c(OC)c1. The number of nitrogens with zero attached hydrogens (tertiary/aromatic N) is 2. The van der Waals surface area contributed by atoms with E-state index in [1.165, 1.54) is 23.9 Å². The molecule has 6 nitrogen and oxygen atoms in total. The van der Waals surface area contributed by atoms with Gasteiger partial charge in [-0.15, -0.1) is 0 Å². The van der Waals surface area contributed by atoms with Crippen LogP contribution in [0.3, 0.4) is 0 Å². The number of hydrogen-bond donors (Lipinski definition) is 0. The molecule has 2 aliphatic heterocycles. The first kappa shape index (κ1) is 23.4. The molecule has 0 unspecified atom stereocenters. The Morgan fingerprint density at radius 1 is 1.30 bits per heavy atom. The molecule has 0 N–H and O–H groups in total. The number of hydrogen-bond acceptors (Lipinski definition) is 7. The summed E-state index contributed by atoms with van der Waals surface area (Å²) in [7, 11) is 1.55. The van der Waals surface area contributed by atoms with E-state index in [2.05, 4.69) is 20.9 Å². The zero-order chi connectivity index (χ0) is 23.5. The van der Waals surface area contributed by atoms with E-state index in [-0.39, 0.29) is 19.0 Å². The first-order valence-electron chi connectivity index (χ1n) is 10.3. The van der Waals surface area contributed by atoms with E-state index in [1.807, 2.05) is 35.6 Å². The molecule has 0 bridgehead atoms. The molecule has 9 heteroatoms. The molecule has 0 saturated carbocycles. The molecule has 0 radical (unpaired) electrons. The highest BCUT2D eigenvalue weighted by molar-refractivity contribution is 9.10. The number of allylic oxidation sites excluding steroid dienone is 1. The second-order valence-corrected chi connectivity index (χ2v) is 9.01. The van der Waals surface area contributed by atoms with E-state index in [0.717, 1.165) is 10.7 Å². The first-order chi connectivity index (χ1) is 15.9. The van der Waals surface area contributed by atoms with Crippen LogP contribution in [0.5, 0.6) is 11.5 Å². The summed E-state index contributed by atoms with van der Waals surface area (Å²) in [6, 6.07) is 9.52. The van der Waals surface area contributed by atoms with Crippen molar-refractivity contribution >= 4 is 38.8 Å². The number of amidine groups is 1. The van der Waals surface area contributed by atoms with Gasteiger partial charge in [0.2, 0.25) is 0 Å². The van der Waals surface area contributed by atoms with Crippen LogP contribution in [-0.4, -0.2) is 29.8 Å². The first-order valence-corrected chi connectivity index (χ1v) is 11.9. The van der Waals surface area contributed by atoms with Gasteiger partial charge in [-0.25, -0.2) is 14.2 Å². The summed E-state index contributed by atoms with van der Waals surface area (Å²) in [4.78, 5) is 19.4. The van der Waals surface area contributed by atoms with Crippen LogP contribution in [0.25, 0.3) is 0 Å². The van der Waals surface area contributed by atoms with Crippen molar-refractivity contribution in [3.05, 3.63) is 80.7 Å². The third-order valence-electron chi connectivity index (χ3n) is 5.16. The topological polar surface area (TPSA) is 60.4 Å². The minimum absolute atomic E-state index is 0.172. The average molecular weight is 533 g/mol. The highest BCUT2D eigenvalue weighted by Crippen LogP contribution is 2.45. The maximum atomic E-state index is 13.5. The van der Waals surface area contributed by atoms with Crippen LogP contribution in [0.1, 0.15) is 31.0 Å². The third kappa shape index (κ3) is 4.79. The number of esters is 1. The number of carbonyl (C=O) groups is 1. The number of benzene rings is 2. The summed E-state index contributed by atoms with van der Waals surface area (Å²) in [5.41, 5.74) is 2.58. The summed E-state index contributed by atoms with van der Waals surface area (Å²) in [6.07, 6.45) is 1.90. The van der Waals surface area contributed by atoms with Crippen molar-refractivity contribution in [3.8, 4) is 11.5 Å². The second-order valence-electron chi connectivity index (χ2n) is 7.28. The molecule has 33 heavy (non-hydrogen) atoms. The Labute approximate surface area is 204 Å². The molecule has 2 aromatic carbocycles. The average Bonchev–Trinajstić information content (AvgIpc) is 3.25. The lowest BCUT2D eigenvalue weighted by atomic mass is 9.94. The van der Waals surface area contributed by atoms with E-state index in [1.54, 1.807) is 26.2 Å². The second kappa shape index (κ2) is 10.0. The minimum Gasteiger partial charge on any atom is -0.493 e. The fraction of sp³-hybridized carbons (Fsp3) is 0.250. The lowest BCUT2D eigenvalue weighted by Gasteiger charge is -2.33. The number of methoxy groups -OCH3 is 1. The van der Waals surface area contributed by atoms with Crippen molar-refractivity contribution in [2.24, 2.45) is 4.99 Å². The number of fused-ring (bicyclic) bond motifs is 1. The largest absolute Gasteiger partial charge is 0.493 e. The Morgan fingerprint density at radius 2 is 2.12 bits per heavy atom. The summed E-state index contributed by atoms with van der Waals surface area (Å²) >= 11 is 5.08. The summed E-state index contributed by atoms with van der Waals surface area (Å²) in [5.74, 6) is 0.239. The predicted octanol–water partition coefficient (Wildman–Crippen LogP) is 5.94. The number of rotatable bonds is 7. The van der Waals surface area contributed by atoms with Gasteiger partial charge in [-0.3, -0.25) is 0 Å². The summed E-state index contributed by atoms with van der Waals surface area (Å²) < 4.78 is 31.1. The van der Waals surface area contributed by atoms with E-state index in [0.29, 0.717) is 32.8 Å². The Kier molecular flexibility index (Phi) is 7.09. The Hall–Kier alpha value is -2.78. The highest BCUT2D eigenvalue weighted by atomic mass is 79.9. The number of halogens is 2. The van der Waals surface area contributed by atoms with E-state index < -0.39 is 12.0 Å². The molecule has 0 aliphatic carbocycles. The Balaban J connectivity index is 1.71. The molecule has 0 fully saturated rings. The molecule has 2 heterocycles. The fourth-order valence-corrected chi connectivity index (χ4v) is 5.08. The highest BCUT2D eigenvalue weighted by Gasteiger charge is 2.38. The van der Waals surface area contributed by atoms with Crippen molar-refractivity contribution in [3.63, 3.8) is 0 Å². The molecule has 2 aliphatic rings. The molecule has 0 aromatic heterocycles. The van der Waals surface area contributed by atoms with Crippen LogP contribution in [-0.2, 0) is 16.1 Å². The lowest BCUT2D eigenvalue weighted by Crippen LogP contribution is -2.34. The van der Waals surface area contributed by atoms with Gasteiger partial charge in [0, 0.05) is 6.20 Å². The van der Waals surface area contributed by atoms with Gasteiger partial charge >= 0.3 is 5.97 Å². The monoisotopic (exact) mass is 532 g/mol. The zero-order valence-electron chi connectivity index (χ0n) is 18.3. The van der Waals surface area contributed by atoms with Gasteiger partial charge in [0.25, 0.3) is 0 Å². The van der Waals surface area contributed by atoms with Crippen LogP contribution < -0.4 is 9.47 Å². The molecule has 2 aromatic rings.